The van der Waals surface area contributed by atoms with Crippen LogP contribution in [0.4, 0.5) is 0 Å². The van der Waals surface area contributed by atoms with Gasteiger partial charge in [-0.05, 0) is 0 Å². The van der Waals surface area contributed by atoms with Crippen molar-refractivity contribution in [2.75, 3.05) is 0 Å². The van der Waals surface area contributed by atoms with Crippen molar-refractivity contribution in [1.82, 2.24) is 0 Å². The van der Waals surface area contributed by atoms with Gasteiger partial charge in [0.1, 0.15) is 0 Å². The van der Waals surface area contributed by atoms with Crippen LogP contribution in [0.3, 0.4) is 0 Å². The van der Waals surface area contributed by atoms with Gasteiger partial charge in [-0.25, -0.2) is 0 Å². The predicted octanol–water partition coefficient (Wildman–Crippen LogP) is 4.90. The average Bonchev–Trinajstić information content (AvgIpc) is 2.12. The zero-order valence-corrected chi connectivity index (χ0v) is 14.8. The molecule has 4 aliphatic carbocycles. The minimum absolute atomic E-state index is 0.150. The van der Waals surface area contributed by atoms with Gasteiger partial charge in [0, 0.05) is 0 Å². The van der Waals surface area contributed by atoms with E-state index in [-0.39, 0.29) is 4.87 Å². The van der Waals surface area contributed by atoms with Gasteiger partial charge in [-0.15, -0.1) is 0 Å². The SMILES string of the molecule is CC1(Cl)[C@@H]2CC3C[C@H]1C[C]([Sn]([CH3])([CH3])[CH3])(C3)C2. The van der Waals surface area contributed by atoms with Gasteiger partial charge >= 0.3 is 110 Å². The molecule has 4 saturated carbocycles. The van der Waals surface area contributed by atoms with Crippen molar-refractivity contribution in [3.8, 4) is 0 Å². The number of rotatable bonds is 1. The van der Waals surface area contributed by atoms with Crippen LogP contribution in [0.5, 0.6) is 0 Å². The second kappa shape index (κ2) is 3.35. The fourth-order valence-electron chi connectivity index (χ4n) is 5.09. The molecule has 0 aromatic carbocycles. The fourth-order valence-corrected chi connectivity index (χ4v) is 12.9. The van der Waals surface area contributed by atoms with E-state index in [9.17, 15) is 0 Å². The van der Waals surface area contributed by atoms with E-state index in [1.165, 1.54) is 25.7 Å². The Labute approximate surface area is 109 Å². The van der Waals surface area contributed by atoms with E-state index < -0.39 is 18.4 Å². The van der Waals surface area contributed by atoms with Crippen molar-refractivity contribution < 1.29 is 0 Å². The molecule has 0 saturated heterocycles. The van der Waals surface area contributed by atoms with Gasteiger partial charge in [-0.3, -0.25) is 0 Å². The van der Waals surface area contributed by atoms with Crippen molar-refractivity contribution in [2.45, 2.75) is 62.2 Å². The first-order valence-electron chi connectivity index (χ1n) is 6.93. The average molecular weight is 348 g/mol. The molecule has 4 rings (SSSR count). The Bertz CT molecular complexity index is 297. The van der Waals surface area contributed by atoms with Crippen LogP contribution in [0.1, 0.15) is 39.0 Å². The van der Waals surface area contributed by atoms with Crippen molar-refractivity contribution in [1.29, 1.82) is 0 Å². The molecule has 0 radical (unpaired) electrons. The normalized spacial score (nSPS) is 55.7. The second-order valence-corrected chi connectivity index (χ2v) is 24.7. The molecule has 0 aliphatic heterocycles. The monoisotopic (exact) mass is 348 g/mol. The van der Waals surface area contributed by atoms with Crippen molar-refractivity contribution in [2.24, 2.45) is 17.8 Å². The summed E-state index contributed by atoms with van der Waals surface area (Å²) in [6.45, 7) is 2.34. The maximum atomic E-state index is 6.86. The van der Waals surface area contributed by atoms with Gasteiger partial charge in [0.2, 0.25) is 0 Å². The predicted molar refractivity (Wildman–Crippen MR) is 73.9 cm³/mol. The molecule has 0 spiro atoms. The summed E-state index contributed by atoms with van der Waals surface area (Å²) in [5, 5.41) is 0. The topological polar surface area (TPSA) is 0 Å². The van der Waals surface area contributed by atoms with Crippen LogP contribution in [0.25, 0.3) is 0 Å². The van der Waals surface area contributed by atoms with Crippen molar-refractivity contribution in [3.05, 3.63) is 0 Å². The molecule has 5 atom stereocenters. The third-order valence-corrected chi connectivity index (χ3v) is 17.8. The van der Waals surface area contributed by atoms with Crippen LogP contribution in [0.15, 0.2) is 0 Å². The molecule has 0 aromatic heterocycles. The maximum absolute atomic E-state index is 6.86. The third-order valence-electron chi connectivity index (χ3n) is 6.38. The van der Waals surface area contributed by atoms with Crippen molar-refractivity contribution >= 4 is 30.0 Å². The van der Waals surface area contributed by atoms with Crippen LogP contribution in [-0.2, 0) is 0 Å². The molecule has 16 heavy (non-hydrogen) atoms. The number of hydrogen-bond donors (Lipinski definition) is 0. The molecule has 0 amide bonds. The van der Waals surface area contributed by atoms with Crippen LogP contribution in [0, 0.1) is 17.8 Å². The van der Waals surface area contributed by atoms with Gasteiger partial charge in [-0.2, -0.15) is 0 Å². The molecule has 2 heteroatoms. The van der Waals surface area contributed by atoms with Gasteiger partial charge in [0.05, 0.1) is 0 Å². The Morgan fingerprint density at radius 1 is 1.00 bits per heavy atom. The number of hydrogen-bond acceptors (Lipinski definition) is 0. The van der Waals surface area contributed by atoms with E-state index in [1.54, 1.807) is 6.42 Å². The first kappa shape index (κ1) is 12.1. The van der Waals surface area contributed by atoms with Crippen LogP contribution >= 0.6 is 11.6 Å². The van der Waals surface area contributed by atoms with Crippen LogP contribution < -0.4 is 0 Å². The molecule has 4 aliphatic rings. The van der Waals surface area contributed by atoms with E-state index in [0.717, 1.165) is 21.2 Å². The number of alkyl halides is 1. The molecule has 0 N–H and O–H groups in total. The quantitative estimate of drug-likeness (QED) is 0.467. The summed E-state index contributed by atoms with van der Waals surface area (Å²) in [6.07, 6.45) is 7.44. The molecule has 3 unspecified atom stereocenters. The zero-order chi connectivity index (χ0) is 11.8. The summed E-state index contributed by atoms with van der Waals surface area (Å²) in [6, 6.07) is 0. The summed E-state index contributed by atoms with van der Waals surface area (Å²) < 4.78 is 0.819. The van der Waals surface area contributed by atoms with Crippen molar-refractivity contribution in [3.63, 3.8) is 0 Å². The van der Waals surface area contributed by atoms with E-state index in [4.69, 9.17) is 11.6 Å². The molecule has 0 heterocycles. The Hall–Kier alpha value is 1.09. The molecular weight excluding hydrogens is 322 g/mol. The van der Waals surface area contributed by atoms with Gasteiger partial charge in [-0.1, -0.05) is 0 Å². The number of halogens is 1. The minimum atomic E-state index is -1.80. The molecule has 0 nitrogen and oxygen atoms in total. The molecule has 0 aromatic rings. The molecule has 92 valence electrons. The standard InChI is InChI=1S/C11H16Cl.3CH3.Sn/c1-11(12)9-3-7-2-8(5-9)6-10(11)4-7;;;;/h7,9-10H,2-6H2,1H3;3*1H3;/t7?,9-,10+,11?;;;;. The third kappa shape index (κ3) is 1.47. The summed E-state index contributed by atoms with van der Waals surface area (Å²) in [5.41, 5.74) is 0. The van der Waals surface area contributed by atoms with E-state index in [0.29, 0.717) is 0 Å². The Morgan fingerprint density at radius 2 is 1.50 bits per heavy atom. The zero-order valence-electron chi connectivity index (χ0n) is 11.1. The molecule has 4 bridgehead atoms. The second-order valence-electron chi connectivity index (χ2n) is 8.03. The van der Waals surface area contributed by atoms with E-state index in [2.05, 4.69) is 21.7 Å². The molecular formula is C14H25ClSn. The summed E-state index contributed by atoms with van der Waals surface area (Å²) in [4.78, 5) is 8.13. The summed E-state index contributed by atoms with van der Waals surface area (Å²) in [5.74, 6) is 2.73. The Balaban J connectivity index is 1.99. The van der Waals surface area contributed by atoms with Gasteiger partial charge < -0.3 is 0 Å². The fraction of sp³-hybridized carbons (Fsp3) is 1.00. The first-order chi connectivity index (χ1) is 7.25. The Kier molecular flexibility index (Phi) is 2.54. The molecule has 4 fully saturated rings. The Morgan fingerprint density at radius 3 is 1.94 bits per heavy atom. The first-order valence-corrected chi connectivity index (χ1v) is 17.3. The van der Waals surface area contributed by atoms with Gasteiger partial charge in [0.25, 0.3) is 0 Å². The van der Waals surface area contributed by atoms with E-state index >= 15 is 0 Å². The van der Waals surface area contributed by atoms with Crippen LogP contribution in [0.2, 0.25) is 18.2 Å². The van der Waals surface area contributed by atoms with E-state index in [1.807, 2.05) is 0 Å². The summed E-state index contributed by atoms with van der Waals surface area (Å²) >= 11 is 5.06. The van der Waals surface area contributed by atoms with Crippen LogP contribution in [-0.4, -0.2) is 23.3 Å². The summed E-state index contributed by atoms with van der Waals surface area (Å²) in [7, 11) is 0. The van der Waals surface area contributed by atoms with Gasteiger partial charge in [0.15, 0.2) is 0 Å².